The third-order valence-electron chi connectivity index (χ3n) is 5.08. The lowest BCUT2D eigenvalue weighted by atomic mass is 10.3. The molecule has 0 bridgehead atoms. The van der Waals surface area contributed by atoms with E-state index in [0.717, 1.165) is 8.61 Å². The van der Waals surface area contributed by atoms with E-state index in [2.05, 4.69) is 5.32 Å². The van der Waals surface area contributed by atoms with Gasteiger partial charge >= 0.3 is 0 Å². The molecule has 37 heavy (non-hydrogen) atoms. The van der Waals surface area contributed by atoms with Crippen LogP contribution in [-0.2, 0) is 24.8 Å². The van der Waals surface area contributed by atoms with Gasteiger partial charge in [-0.3, -0.25) is 9.10 Å². The Hall–Kier alpha value is -2.83. The Kier molecular flexibility index (Phi) is 9.43. The molecule has 0 spiro atoms. The Bertz CT molecular complexity index is 1450. The van der Waals surface area contributed by atoms with Gasteiger partial charge in [-0.1, -0.05) is 29.3 Å². The first-order chi connectivity index (χ1) is 17.4. The van der Waals surface area contributed by atoms with Crippen molar-refractivity contribution in [2.24, 2.45) is 0 Å². The quantitative estimate of drug-likeness (QED) is 0.344. The summed E-state index contributed by atoms with van der Waals surface area (Å²) in [6.07, 6.45) is 0. The fourth-order valence-electron chi connectivity index (χ4n) is 3.14. The molecule has 198 valence electrons. The fraction of sp³-hybridized carbons (Fsp3) is 0.208. The molecule has 0 aliphatic heterocycles. The van der Waals surface area contributed by atoms with Crippen LogP contribution in [0.5, 0.6) is 5.75 Å². The van der Waals surface area contributed by atoms with Gasteiger partial charge < -0.3 is 10.1 Å². The summed E-state index contributed by atoms with van der Waals surface area (Å²) < 4.78 is 58.6. The van der Waals surface area contributed by atoms with Crippen LogP contribution >= 0.6 is 23.2 Å². The number of anilines is 1. The maximum atomic E-state index is 13.3. The normalized spacial score (nSPS) is 11.8. The van der Waals surface area contributed by atoms with Gasteiger partial charge in [0.25, 0.3) is 10.0 Å². The summed E-state index contributed by atoms with van der Waals surface area (Å²) in [6, 6.07) is 17.7. The number of hydrogen-bond donors (Lipinski definition) is 1. The SMILES string of the molecule is CN(C)S(=O)(=O)c1ccc(OCCNC(=O)CN(c2cccc(Cl)c2)S(=O)(=O)c2ccc(Cl)cc2)cc1. The molecular weight excluding hydrogens is 561 g/mol. The minimum Gasteiger partial charge on any atom is -0.492 e. The highest BCUT2D eigenvalue weighted by Gasteiger charge is 2.27. The zero-order chi connectivity index (χ0) is 27.2. The molecule has 0 radical (unpaired) electrons. The topological polar surface area (TPSA) is 113 Å². The number of halogens is 2. The smallest absolute Gasteiger partial charge is 0.264 e. The minimum absolute atomic E-state index is 0.0345. The highest BCUT2D eigenvalue weighted by Crippen LogP contribution is 2.26. The number of carbonyl (C=O) groups excluding carboxylic acids is 1. The van der Waals surface area contributed by atoms with E-state index in [0.29, 0.717) is 15.8 Å². The van der Waals surface area contributed by atoms with Crippen molar-refractivity contribution in [2.75, 3.05) is 38.1 Å². The molecule has 0 aromatic heterocycles. The van der Waals surface area contributed by atoms with E-state index in [9.17, 15) is 21.6 Å². The number of amides is 1. The maximum Gasteiger partial charge on any atom is 0.264 e. The van der Waals surface area contributed by atoms with E-state index in [-0.39, 0.29) is 28.6 Å². The van der Waals surface area contributed by atoms with Crippen molar-refractivity contribution >= 4 is 54.8 Å². The van der Waals surface area contributed by atoms with Gasteiger partial charge in [-0.05, 0) is 66.7 Å². The van der Waals surface area contributed by atoms with Crippen LogP contribution in [0.25, 0.3) is 0 Å². The number of carbonyl (C=O) groups is 1. The highest BCUT2D eigenvalue weighted by molar-refractivity contribution is 7.92. The van der Waals surface area contributed by atoms with Crippen molar-refractivity contribution < 1.29 is 26.4 Å². The number of benzene rings is 3. The molecular formula is C24H25Cl2N3O6S2. The Balaban J connectivity index is 1.64. The van der Waals surface area contributed by atoms with Crippen LogP contribution in [-0.4, -0.2) is 60.8 Å². The van der Waals surface area contributed by atoms with Crippen LogP contribution in [0.2, 0.25) is 10.0 Å². The number of rotatable bonds is 11. The van der Waals surface area contributed by atoms with Gasteiger partial charge in [-0.25, -0.2) is 21.1 Å². The summed E-state index contributed by atoms with van der Waals surface area (Å²) >= 11 is 11.9. The zero-order valence-corrected chi connectivity index (χ0v) is 23.1. The molecule has 1 N–H and O–H groups in total. The average Bonchev–Trinajstić information content (AvgIpc) is 2.85. The summed E-state index contributed by atoms with van der Waals surface area (Å²) in [4.78, 5) is 12.8. The summed E-state index contributed by atoms with van der Waals surface area (Å²) in [6.45, 7) is -0.337. The van der Waals surface area contributed by atoms with E-state index in [1.807, 2.05) is 0 Å². The molecule has 0 heterocycles. The summed E-state index contributed by atoms with van der Waals surface area (Å²) in [5.74, 6) is -0.147. The Morgan fingerprint density at radius 1 is 0.838 bits per heavy atom. The van der Waals surface area contributed by atoms with Crippen LogP contribution in [0, 0.1) is 0 Å². The van der Waals surface area contributed by atoms with Crippen LogP contribution in [0.15, 0.2) is 82.6 Å². The number of ether oxygens (including phenoxy) is 1. The molecule has 3 rings (SSSR count). The molecule has 0 fully saturated rings. The second kappa shape index (κ2) is 12.1. The largest absolute Gasteiger partial charge is 0.492 e. The molecule has 0 aliphatic carbocycles. The molecule has 0 atom stereocenters. The number of nitrogens with one attached hydrogen (secondary N) is 1. The maximum absolute atomic E-state index is 13.3. The minimum atomic E-state index is -4.11. The lowest BCUT2D eigenvalue weighted by Gasteiger charge is -2.24. The van der Waals surface area contributed by atoms with E-state index in [4.69, 9.17) is 27.9 Å². The van der Waals surface area contributed by atoms with E-state index >= 15 is 0 Å². The first-order valence-corrected chi connectivity index (χ1v) is 14.5. The van der Waals surface area contributed by atoms with Crippen molar-refractivity contribution in [2.45, 2.75) is 9.79 Å². The first-order valence-electron chi connectivity index (χ1n) is 10.9. The number of nitrogens with zero attached hydrogens (tertiary/aromatic N) is 2. The molecule has 0 unspecified atom stereocenters. The van der Waals surface area contributed by atoms with Crippen molar-refractivity contribution in [1.29, 1.82) is 0 Å². The molecule has 0 saturated heterocycles. The Morgan fingerprint density at radius 3 is 2.03 bits per heavy atom. The van der Waals surface area contributed by atoms with Gasteiger partial charge in [0.15, 0.2) is 0 Å². The average molecular weight is 587 g/mol. The van der Waals surface area contributed by atoms with Gasteiger partial charge in [0.1, 0.15) is 18.9 Å². The van der Waals surface area contributed by atoms with E-state index < -0.39 is 32.5 Å². The molecule has 13 heteroatoms. The van der Waals surface area contributed by atoms with Crippen LogP contribution in [0.4, 0.5) is 5.69 Å². The summed E-state index contributed by atoms with van der Waals surface area (Å²) in [5.41, 5.74) is 0.224. The Morgan fingerprint density at radius 2 is 1.43 bits per heavy atom. The van der Waals surface area contributed by atoms with Crippen LogP contribution in [0.1, 0.15) is 0 Å². The molecule has 1 amide bonds. The molecule has 3 aromatic carbocycles. The number of sulfonamides is 2. The summed E-state index contributed by atoms with van der Waals surface area (Å²) in [5, 5.41) is 3.31. The number of hydrogen-bond acceptors (Lipinski definition) is 6. The lowest BCUT2D eigenvalue weighted by molar-refractivity contribution is -0.119. The predicted molar refractivity (Wildman–Crippen MR) is 143 cm³/mol. The standard InChI is InChI=1S/C24H25Cl2N3O6S2/c1-28(2)36(31,32)22-12-8-21(9-13-22)35-15-14-27-24(30)17-29(20-5-3-4-19(26)16-20)37(33,34)23-10-6-18(25)7-11-23/h3-13,16H,14-15,17H2,1-2H3,(H,27,30). The molecule has 0 aliphatic rings. The second-order valence-electron chi connectivity index (χ2n) is 7.90. The van der Waals surface area contributed by atoms with Crippen molar-refractivity contribution in [3.8, 4) is 5.75 Å². The highest BCUT2D eigenvalue weighted by atomic mass is 35.5. The monoisotopic (exact) mass is 585 g/mol. The third-order valence-corrected chi connectivity index (χ3v) is 9.18. The van der Waals surface area contributed by atoms with E-state index in [1.54, 1.807) is 12.1 Å². The molecule has 0 saturated carbocycles. The third kappa shape index (κ3) is 7.36. The fourth-order valence-corrected chi connectivity index (χ4v) is 5.77. The van der Waals surface area contributed by atoms with Crippen LogP contribution < -0.4 is 14.4 Å². The zero-order valence-electron chi connectivity index (χ0n) is 20.0. The van der Waals surface area contributed by atoms with Gasteiger partial charge in [-0.15, -0.1) is 0 Å². The van der Waals surface area contributed by atoms with Gasteiger partial charge in [0, 0.05) is 24.1 Å². The Labute approximate surface area is 226 Å². The van der Waals surface area contributed by atoms with Gasteiger partial charge in [-0.2, -0.15) is 0 Å². The lowest BCUT2D eigenvalue weighted by Crippen LogP contribution is -2.41. The molecule has 9 nitrogen and oxygen atoms in total. The predicted octanol–water partition coefficient (Wildman–Crippen LogP) is 3.63. The van der Waals surface area contributed by atoms with Crippen molar-refractivity contribution in [3.05, 3.63) is 82.8 Å². The summed E-state index contributed by atoms with van der Waals surface area (Å²) in [7, 11) is -4.77. The van der Waals surface area contributed by atoms with Crippen molar-refractivity contribution in [3.63, 3.8) is 0 Å². The first kappa shape index (κ1) is 28.7. The van der Waals surface area contributed by atoms with Crippen molar-refractivity contribution in [1.82, 2.24) is 9.62 Å². The van der Waals surface area contributed by atoms with E-state index in [1.165, 1.54) is 74.8 Å². The van der Waals surface area contributed by atoms with Gasteiger partial charge in [0.05, 0.1) is 22.0 Å². The van der Waals surface area contributed by atoms with Gasteiger partial charge in [0.2, 0.25) is 15.9 Å². The van der Waals surface area contributed by atoms with Crippen LogP contribution in [0.3, 0.4) is 0 Å². The second-order valence-corrected chi connectivity index (χ2v) is 12.8. The molecule has 3 aromatic rings.